The third kappa shape index (κ3) is 2.53. The molecule has 0 bridgehead atoms. The molecule has 0 saturated carbocycles. The summed E-state index contributed by atoms with van der Waals surface area (Å²) in [4.78, 5) is 0. The van der Waals surface area contributed by atoms with Crippen LogP contribution in [0.5, 0.6) is 0 Å². The van der Waals surface area contributed by atoms with E-state index < -0.39 is 0 Å². The van der Waals surface area contributed by atoms with Crippen molar-refractivity contribution in [1.29, 1.82) is 0 Å². The molecule has 20 heavy (non-hydrogen) atoms. The molecule has 2 aromatic carbocycles. The van der Waals surface area contributed by atoms with E-state index in [-0.39, 0.29) is 11.9 Å². The summed E-state index contributed by atoms with van der Waals surface area (Å²) in [6, 6.07) is 14.7. The molecule has 3 aromatic rings. The fourth-order valence-corrected chi connectivity index (χ4v) is 3.33. The van der Waals surface area contributed by atoms with Gasteiger partial charge in [-0.15, -0.1) is 11.3 Å². The summed E-state index contributed by atoms with van der Waals surface area (Å²) >= 11 is 1.70. The zero-order valence-corrected chi connectivity index (χ0v) is 11.7. The summed E-state index contributed by atoms with van der Waals surface area (Å²) in [5.41, 5.74) is 7.80. The number of nitrogens with two attached hydrogens (primary N) is 1. The number of anilines is 1. The van der Waals surface area contributed by atoms with Crippen LogP contribution < -0.4 is 11.1 Å². The molecule has 0 radical (unpaired) electrons. The van der Waals surface area contributed by atoms with E-state index in [0.717, 1.165) is 11.3 Å². The number of rotatable bonds is 4. The SMILES string of the molecule is NCC(Nc1cccc(F)c1)c1csc2ccccc12. The maximum atomic E-state index is 13.2. The largest absolute Gasteiger partial charge is 0.377 e. The fourth-order valence-electron chi connectivity index (χ4n) is 2.31. The molecule has 1 heterocycles. The van der Waals surface area contributed by atoms with Gasteiger partial charge in [-0.2, -0.15) is 0 Å². The van der Waals surface area contributed by atoms with Crippen molar-refractivity contribution in [3.05, 3.63) is 65.3 Å². The van der Waals surface area contributed by atoms with Crippen molar-refractivity contribution in [2.45, 2.75) is 6.04 Å². The average molecular weight is 286 g/mol. The first kappa shape index (κ1) is 13.1. The predicted octanol–water partition coefficient (Wildman–Crippen LogP) is 4.15. The Bertz CT molecular complexity index is 723. The number of benzene rings is 2. The fraction of sp³-hybridized carbons (Fsp3) is 0.125. The second kappa shape index (κ2) is 5.61. The summed E-state index contributed by atoms with van der Waals surface area (Å²) in [6.07, 6.45) is 0. The van der Waals surface area contributed by atoms with Crippen LogP contribution in [0.15, 0.2) is 53.9 Å². The Balaban J connectivity index is 1.93. The third-order valence-electron chi connectivity index (χ3n) is 3.29. The number of nitrogens with one attached hydrogen (secondary N) is 1. The number of hydrogen-bond donors (Lipinski definition) is 2. The molecule has 0 aliphatic carbocycles. The minimum Gasteiger partial charge on any atom is -0.377 e. The Hall–Kier alpha value is -1.91. The predicted molar refractivity (Wildman–Crippen MR) is 83.6 cm³/mol. The lowest BCUT2D eigenvalue weighted by atomic mass is 10.1. The maximum absolute atomic E-state index is 13.2. The lowest BCUT2D eigenvalue weighted by Gasteiger charge is -2.18. The van der Waals surface area contributed by atoms with Crippen LogP contribution in [0.2, 0.25) is 0 Å². The second-order valence-electron chi connectivity index (χ2n) is 4.63. The zero-order chi connectivity index (χ0) is 13.9. The highest BCUT2D eigenvalue weighted by atomic mass is 32.1. The van der Waals surface area contributed by atoms with Gasteiger partial charge in [0.2, 0.25) is 0 Å². The van der Waals surface area contributed by atoms with Crippen molar-refractivity contribution in [2.75, 3.05) is 11.9 Å². The van der Waals surface area contributed by atoms with E-state index in [4.69, 9.17) is 5.73 Å². The average Bonchev–Trinajstić information content (AvgIpc) is 2.89. The zero-order valence-electron chi connectivity index (χ0n) is 10.8. The Labute approximate surface area is 121 Å². The Morgan fingerprint density at radius 1 is 1.15 bits per heavy atom. The van der Waals surface area contributed by atoms with Crippen LogP contribution in [0.1, 0.15) is 11.6 Å². The molecule has 0 saturated heterocycles. The quantitative estimate of drug-likeness (QED) is 0.756. The first-order valence-electron chi connectivity index (χ1n) is 6.46. The van der Waals surface area contributed by atoms with Gasteiger partial charge in [-0.05, 0) is 40.6 Å². The van der Waals surface area contributed by atoms with E-state index in [1.54, 1.807) is 17.4 Å². The molecule has 1 unspecified atom stereocenters. The molecule has 3 rings (SSSR count). The van der Waals surface area contributed by atoms with Crippen LogP contribution >= 0.6 is 11.3 Å². The van der Waals surface area contributed by atoms with Crippen molar-refractivity contribution in [2.24, 2.45) is 5.73 Å². The molecule has 0 fully saturated rings. The van der Waals surface area contributed by atoms with Gasteiger partial charge in [-0.1, -0.05) is 24.3 Å². The number of halogens is 1. The molecule has 102 valence electrons. The van der Waals surface area contributed by atoms with E-state index in [9.17, 15) is 4.39 Å². The van der Waals surface area contributed by atoms with Gasteiger partial charge in [0.15, 0.2) is 0 Å². The van der Waals surface area contributed by atoms with Gasteiger partial charge in [-0.3, -0.25) is 0 Å². The maximum Gasteiger partial charge on any atom is 0.125 e. The van der Waals surface area contributed by atoms with Crippen LogP contribution in [-0.2, 0) is 0 Å². The van der Waals surface area contributed by atoms with Crippen LogP contribution in [0.3, 0.4) is 0 Å². The van der Waals surface area contributed by atoms with Crippen molar-refractivity contribution in [1.82, 2.24) is 0 Å². The topological polar surface area (TPSA) is 38.0 Å². The molecule has 2 nitrogen and oxygen atoms in total. The summed E-state index contributed by atoms with van der Waals surface area (Å²) < 4.78 is 14.5. The molecule has 1 atom stereocenters. The van der Waals surface area contributed by atoms with Gasteiger partial charge in [0.1, 0.15) is 5.82 Å². The lowest BCUT2D eigenvalue weighted by Crippen LogP contribution is -2.20. The third-order valence-corrected chi connectivity index (χ3v) is 4.27. The second-order valence-corrected chi connectivity index (χ2v) is 5.54. The molecular formula is C16H15FN2S. The molecule has 3 N–H and O–H groups in total. The van der Waals surface area contributed by atoms with E-state index in [1.165, 1.54) is 22.2 Å². The Kier molecular flexibility index (Phi) is 3.67. The van der Waals surface area contributed by atoms with Crippen LogP contribution in [0, 0.1) is 5.82 Å². The molecular weight excluding hydrogens is 271 g/mol. The molecule has 0 aliphatic heterocycles. The normalized spacial score (nSPS) is 12.5. The lowest BCUT2D eigenvalue weighted by molar-refractivity contribution is 0.627. The van der Waals surface area contributed by atoms with E-state index >= 15 is 0 Å². The summed E-state index contributed by atoms with van der Waals surface area (Å²) in [5, 5.41) is 6.63. The molecule has 4 heteroatoms. The Morgan fingerprint density at radius 2 is 2.00 bits per heavy atom. The minimum absolute atomic E-state index is 0.0204. The van der Waals surface area contributed by atoms with Gasteiger partial charge in [-0.25, -0.2) is 4.39 Å². The van der Waals surface area contributed by atoms with E-state index in [2.05, 4.69) is 22.8 Å². The van der Waals surface area contributed by atoms with Gasteiger partial charge >= 0.3 is 0 Å². The van der Waals surface area contributed by atoms with Crippen molar-refractivity contribution < 1.29 is 4.39 Å². The van der Waals surface area contributed by atoms with Crippen LogP contribution in [0.4, 0.5) is 10.1 Å². The van der Waals surface area contributed by atoms with Crippen molar-refractivity contribution in [3.8, 4) is 0 Å². The standard InChI is InChI=1S/C16H15FN2S/c17-11-4-3-5-12(8-11)19-15(9-18)14-10-20-16-7-2-1-6-13(14)16/h1-8,10,15,19H,9,18H2. The first-order valence-corrected chi connectivity index (χ1v) is 7.34. The number of hydrogen-bond acceptors (Lipinski definition) is 3. The van der Waals surface area contributed by atoms with E-state index in [0.29, 0.717) is 6.54 Å². The molecule has 1 aromatic heterocycles. The summed E-state index contributed by atoms with van der Waals surface area (Å²) in [5.74, 6) is -0.249. The smallest absolute Gasteiger partial charge is 0.125 e. The monoisotopic (exact) mass is 286 g/mol. The van der Waals surface area contributed by atoms with Crippen LogP contribution in [-0.4, -0.2) is 6.54 Å². The number of fused-ring (bicyclic) bond motifs is 1. The van der Waals surface area contributed by atoms with Gasteiger partial charge < -0.3 is 11.1 Å². The molecule has 0 aliphatic rings. The van der Waals surface area contributed by atoms with Gasteiger partial charge in [0.05, 0.1) is 6.04 Å². The summed E-state index contributed by atoms with van der Waals surface area (Å²) in [7, 11) is 0. The summed E-state index contributed by atoms with van der Waals surface area (Å²) in [6.45, 7) is 0.456. The van der Waals surface area contributed by atoms with Gasteiger partial charge in [0, 0.05) is 16.9 Å². The first-order chi connectivity index (χ1) is 9.78. The van der Waals surface area contributed by atoms with Crippen molar-refractivity contribution >= 4 is 27.1 Å². The van der Waals surface area contributed by atoms with Crippen molar-refractivity contribution in [3.63, 3.8) is 0 Å². The minimum atomic E-state index is -0.249. The molecule has 0 amide bonds. The number of thiophene rings is 1. The Morgan fingerprint density at radius 3 is 2.80 bits per heavy atom. The molecule has 0 spiro atoms. The highest BCUT2D eigenvalue weighted by molar-refractivity contribution is 7.17. The van der Waals surface area contributed by atoms with E-state index in [1.807, 2.05) is 18.2 Å². The van der Waals surface area contributed by atoms with Crippen LogP contribution in [0.25, 0.3) is 10.1 Å². The van der Waals surface area contributed by atoms with Gasteiger partial charge in [0.25, 0.3) is 0 Å². The highest BCUT2D eigenvalue weighted by Crippen LogP contribution is 2.31. The highest BCUT2D eigenvalue weighted by Gasteiger charge is 2.14.